The molecule has 2 fully saturated rings. The molecule has 1 aliphatic carbocycles. The zero-order valence-corrected chi connectivity index (χ0v) is 15.9. The van der Waals surface area contributed by atoms with Crippen molar-refractivity contribution < 1.29 is 14.6 Å². The summed E-state index contributed by atoms with van der Waals surface area (Å²) in [6.07, 6.45) is 2.18. The first-order valence-electron chi connectivity index (χ1n) is 9.59. The van der Waals surface area contributed by atoms with Gasteiger partial charge in [0.1, 0.15) is 5.69 Å². The first kappa shape index (κ1) is 18.4. The van der Waals surface area contributed by atoms with Gasteiger partial charge in [-0.25, -0.2) is 0 Å². The number of rotatable bonds is 5. The van der Waals surface area contributed by atoms with Crippen LogP contribution in [0.15, 0.2) is 6.07 Å². The Morgan fingerprint density at radius 3 is 2.60 bits per heavy atom. The van der Waals surface area contributed by atoms with Crippen molar-refractivity contribution in [2.45, 2.75) is 71.6 Å². The summed E-state index contributed by atoms with van der Waals surface area (Å²) in [5.41, 5.74) is 1.49. The van der Waals surface area contributed by atoms with Gasteiger partial charge in [-0.05, 0) is 38.7 Å². The minimum atomic E-state index is -0.296. The summed E-state index contributed by atoms with van der Waals surface area (Å²) in [6, 6.07) is 1.93. The molecule has 0 bridgehead atoms. The van der Waals surface area contributed by atoms with Crippen molar-refractivity contribution in [2.75, 3.05) is 19.7 Å². The molecule has 2 heterocycles. The van der Waals surface area contributed by atoms with Crippen molar-refractivity contribution in [2.24, 2.45) is 5.41 Å². The third-order valence-corrected chi connectivity index (χ3v) is 6.00. The fourth-order valence-corrected chi connectivity index (χ4v) is 4.24. The Labute approximate surface area is 150 Å². The van der Waals surface area contributed by atoms with E-state index in [-0.39, 0.29) is 23.5 Å². The highest BCUT2D eigenvalue weighted by Crippen LogP contribution is 2.51. The van der Waals surface area contributed by atoms with Gasteiger partial charge < -0.3 is 14.7 Å². The van der Waals surface area contributed by atoms with Crippen LogP contribution in [0.2, 0.25) is 0 Å². The fraction of sp³-hybridized carbons (Fsp3) is 0.789. The first-order valence-corrected chi connectivity index (χ1v) is 9.59. The van der Waals surface area contributed by atoms with Crippen molar-refractivity contribution in [3.8, 4) is 0 Å². The number of nitrogens with zero attached hydrogens (tertiary/aromatic N) is 3. The van der Waals surface area contributed by atoms with Crippen molar-refractivity contribution in [1.29, 1.82) is 0 Å². The average Bonchev–Trinajstić information content (AvgIpc) is 3.06. The van der Waals surface area contributed by atoms with Crippen molar-refractivity contribution in [3.63, 3.8) is 0 Å². The summed E-state index contributed by atoms with van der Waals surface area (Å²) in [5, 5.41) is 14.9. The van der Waals surface area contributed by atoms with Crippen LogP contribution in [0.3, 0.4) is 0 Å². The number of amides is 1. The molecule has 0 aromatic carbocycles. The smallest absolute Gasteiger partial charge is 0.272 e. The highest BCUT2D eigenvalue weighted by molar-refractivity contribution is 5.92. The van der Waals surface area contributed by atoms with Crippen molar-refractivity contribution in [3.05, 3.63) is 17.5 Å². The summed E-state index contributed by atoms with van der Waals surface area (Å²) in [4.78, 5) is 14.9. The predicted octanol–water partition coefficient (Wildman–Crippen LogP) is 2.42. The Hall–Kier alpha value is -1.40. The van der Waals surface area contributed by atoms with Crippen LogP contribution in [0.1, 0.15) is 69.1 Å². The number of piperidine rings is 1. The predicted molar refractivity (Wildman–Crippen MR) is 95.6 cm³/mol. The van der Waals surface area contributed by atoms with Gasteiger partial charge >= 0.3 is 0 Å². The van der Waals surface area contributed by atoms with Gasteiger partial charge in [-0.2, -0.15) is 5.10 Å². The van der Waals surface area contributed by atoms with Crippen LogP contribution in [0, 0.1) is 5.41 Å². The molecule has 6 nitrogen and oxygen atoms in total. The molecule has 2 atom stereocenters. The molecule has 1 aromatic heterocycles. The largest absolute Gasteiger partial charge is 0.392 e. The Balaban J connectivity index is 1.70. The van der Waals surface area contributed by atoms with E-state index in [1.54, 1.807) is 0 Å². The number of aliphatic hydroxyl groups excluding tert-OH is 1. The van der Waals surface area contributed by atoms with Gasteiger partial charge in [-0.3, -0.25) is 9.48 Å². The molecule has 140 valence electrons. The molecule has 2 aliphatic rings. The molecule has 2 unspecified atom stereocenters. The summed E-state index contributed by atoms with van der Waals surface area (Å²) >= 11 is 0. The van der Waals surface area contributed by atoms with E-state index in [2.05, 4.69) is 18.9 Å². The van der Waals surface area contributed by atoms with E-state index in [0.717, 1.165) is 25.0 Å². The second-order valence-corrected chi connectivity index (χ2v) is 7.65. The summed E-state index contributed by atoms with van der Waals surface area (Å²) < 4.78 is 7.62. The van der Waals surface area contributed by atoms with Crippen LogP contribution in [-0.4, -0.2) is 57.6 Å². The Morgan fingerprint density at radius 1 is 1.40 bits per heavy atom. The van der Waals surface area contributed by atoms with Crippen LogP contribution >= 0.6 is 0 Å². The monoisotopic (exact) mass is 349 g/mol. The minimum Gasteiger partial charge on any atom is -0.392 e. The van der Waals surface area contributed by atoms with E-state index in [1.165, 1.54) is 0 Å². The van der Waals surface area contributed by atoms with Gasteiger partial charge in [0.05, 0.1) is 17.9 Å². The number of hydrogen-bond donors (Lipinski definition) is 1. The highest BCUT2D eigenvalue weighted by Gasteiger charge is 2.56. The number of likely N-dealkylation sites (tertiary alicyclic amines) is 1. The SMILES string of the molecule is CCOC1CC(O)C12CCN(C(=O)c1cc(C(C)C)nn1CC)CC2. The van der Waals surface area contributed by atoms with E-state index in [4.69, 9.17) is 4.74 Å². The number of aromatic nitrogens is 2. The average molecular weight is 349 g/mol. The maximum atomic E-state index is 13.0. The number of carbonyl (C=O) groups excluding carboxylic acids is 1. The van der Waals surface area contributed by atoms with Crippen LogP contribution in [0.4, 0.5) is 0 Å². The normalized spacial score (nSPS) is 25.4. The van der Waals surface area contributed by atoms with Crippen LogP contribution in [0.5, 0.6) is 0 Å². The number of carbonyl (C=O) groups is 1. The van der Waals surface area contributed by atoms with Gasteiger partial charge in [-0.1, -0.05) is 13.8 Å². The molecule has 3 rings (SSSR count). The zero-order chi connectivity index (χ0) is 18.2. The third-order valence-electron chi connectivity index (χ3n) is 6.00. The molecule has 25 heavy (non-hydrogen) atoms. The Morgan fingerprint density at radius 2 is 2.08 bits per heavy atom. The second-order valence-electron chi connectivity index (χ2n) is 7.65. The molecule has 6 heteroatoms. The lowest BCUT2D eigenvalue weighted by Gasteiger charge is -2.56. The number of ether oxygens (including phenoxy) is 1. The van der Waals surface area contributed by atoms with Crippen molar-refractivity contribution >= 4 is 5.91 Å². The van der Waals surface area contributed by atoms with E-state index in [0.29, 0.717) is 37.9 Å². The summed E-state index contributed by atoms with van der Waals surface area (Å²) in [5.74, 6) is 0.360. The lowest BCUT2D eigenvalue weighted by Crippen LogP contribution is -2.62. The van der Waals surface area contributed by atoms with Gasteiger partial charge in [0.2, 0.25) is 0 Å². The van der Waals surface area contributed by atoms with E-state index in [9.17, 15) is 9.90 Å². The number of hydrogen-bond acceptors (Lipinski definition) is 4. The maximum Gasteiger partial charge on any atom is 0.272 e. The molecule has 0 radical (unpaired) electrons. The van der Waals surface area contributed by atoms with Crippen molar-refractivity contribution in [1.82, 2.24) is 14.7 Å². The lowest BCUT2D eigenvalue weighted by molar-refractivity contribution is -0.207. The molecule has 1 amide bonds. The maximum absolute atomic E-state index is 13.0. The van der Waals surface area contributed by atoms with Gasteiger partial charge in [0, 0.05) is 38.1 Å². The molecule has 1 spiro atoms. The summed E-state index contributed by atoms with van der Waals surface area (Å²) in [6.45, 7) is 10.9. The van der Waals surface area contributed by atoms with Gasteiger partial charge in [-0.15, -0.1) is 0 Å². The van der Waals surface area contributed by atoms with Gasteiger partial charge in [0.25, 0.3) is 5.91 Å². The quantitative estimate of drug-likeness (QED) is 0.886. The zero-order valence-electron chi connectivity index (χ0n) is 15.9. The Kier molecular flexibility index (Phi) is 5.21. The standard InChI is InChI=1S/C19H31N3O3/c1-5-22-15(11-14(20-22)13(3)4)18(24)21-9-7-19(8-10-21)16(23)12-17(19)25-6-2/h11,13,16-17,23H,5-10,12H2,1-4H3. The summed E-state index contributed by atoms with van der Waals surface area (Å²) in [7, 11) is 0. The number of aryl methyl sites for hydroxylation is 1. The fourth-order valence-electron chi connectivity index (χ4n) is 4.24. The van der Waals surface area contributed by atoms with Crippen LogP contribution in [0.25, 0.3) is 0 Å². The minimum absolute atomic E-state index is 0.0536. The van der Waals surface area contributed by atoms with Crippen LogP contribution < -0.4 is 0 Å². The van der Waals surface area contributed by atoms with E-state index < -0.39 is 0 Å². The molecule has 1 saturated heterocycles. The van der Waals surface area contributed by atoms with Crippen LogP contribution in [-0.2, 0) is 11.3 Å². The first-order chi connectivity index (χ1) is 11.9. The Bertz CT molecular complexity index is 615. The lowest BCUT2D eigenvalue weighted by atomic mass is 9.58. The number of aliphatic hydroxyl groups is 1. The molecule has 1 saturated carbocycles. The third kappa shape index (κ3) is 3.10. The second kappa shape index (κ2) is 7.08. The topological polar surface area (TPSA) is 67.6 Å². The highest BCUT2D eigenvalue weighted by atomic mass is 16.5. The van der Waals surface area contributed by atoms with E-state index in [1.807, 2.05) is 29.5 Å². The molecular formula is C19H31N3O3. The van der Waals surface area contributed by atoms with E-state index >= 15 is 0 Å². The molecular weight excluding hydrogens is 318 g/mol. The molecule has 1 aliphatic heterocycles. The van der Waals surface area contributed by atoms with Gasteiger partial charge in [0.15, 0.2) is 0 Å². The molecule has 1 aromatic rings. The molecule has 1 N–H and O–H groups in total.